The normalized spacial score (nSPS) is 11.5. The molecule has 0 spiro atoms. The molecule has 2 aromatic heterocycles. The summed E-state index contributed by atoms with van der Waals surface area (Å²) in [6.45, 7) is 0. The van der Waals surface area contributed by atoms with Gasteiger partial charge in [0, 0.05) is 24.2 Å². The van der Waals surface area contributed by atoms with Crippen molar-refractivity contribution in [2.24, 2.45) is 20.4 Å². The van der Waals surface area contributed by atoms with Crippen LogP contribution in [-0.4, -0.2) is 34.2 Å². The van der Waals surface area contributed by atoms with Crippen LogP contribution in [0.2, 0.25) is 0 Å². The third-order valence-corrected chi connectivity index (χ3v) is 4.09. The van der Waals surface area contributed by atoms with Crippen molar-refractivity contribution in [1.82, 2.24) is 9.97 Å². The van der Waals surface area contributed by atoms with Gasteiger partial charge in [0.25, 0.3) is 0 Å². The Bertz CT molecular complexity index is 1150. The predicted molar refractivity (Wildman–Crippen MR) is 130 cm³/mol. The molecule has 0 bridgehead atoms. The zero-order chi connectivity index (χ0) is 23.8. The maximum absolute atomic E-state index is 11.5. The topological polar surface area (TPSA) is 121 Å². The molecule has 0 fully saturated rings. The van der Waals surface area contributed by atoms with Crippen molar-refractivity contribution in [3.05, 3.63) is 132 Å². The maximum atomic E-state index is 11.5. The van der Waals surface area contributed by atoms with E-state index in [9.17, 15) is 10.2 Å². The van der Waals surface area contributed by atoms with Crippen molar-refractivity contribution in [2.75, 3.05) is 0 Å². The van der Waals surface area contributed by atoms with E-state index in [1.165, 1.54) is 12.4 Å². The summed E-state index contributed by atoms with van der Waals surface area (Å²) >= 11 is 0. The van der Waals surface area contributed by atoms with E-state index in [-0.39, 0.29) is 31.3 Å². The van der Waals surface area contributed by atoms with E-state index in [1.807, 2.05) is 36.4 Å². The van der Waals surface area contributed by atoms with E-state index >= 15 is 0 Å². The Hall–Kier alpha value is -4.36. The Morgan fingerprint density at radius 3 is 1.26 bits per heavy atom. The first-order chi connectivity index (χ1) is 16.7. The Morgan fingerprint density at radius 1 is 0.543 bits per heavy atom. The second-order valence-electron chi connectivity index (χ2n) is 6.54. The van der Waals surface area contributed by atoms with Gasteiger partial charge in [-0.3, -0.25) is 9.97 Å². The minimum Gasteiger partial charge on any atom is -0.857 e. The fourth-order valence-corrected chi connectivity index (χ4v) is 2.46. The molecule has 2 heterocycles. The van der Waals surface area contributed by atoms with Crippen LogP contribution in [0.1, 0.15) is 22.5 Å². The van der Waals surface area contributed by atoms with Gasteiger partial charge < -0.3 is 10.2 Å². The molecule has 2 aromatic carbocycles. The van der Waals surface area contributed by atoms with Crippen molar-refractivity contribution in [2.45, 2.75) is 0 Å². The summed E-state index contributed by atoms with van der Waals surface area (Å²) < 4.78 is 0. The number of hydrogen-bond donors (Lipinski definition) is 0. The predicted octanol–water partition coefficient (Wildman–Crippen LogP) is 2.44. The molecule has 4 rings (SSSR count). The van der Waals surface area contributed by atoms with Gasteiger partial charge >= 0.3 is 19.5 Å². The average molecular weight is 550 g/mol. The van der Waals surface area contributed by atoms with Crippen LogP contribution >= 0.6 is 0 Å². The number of nitrogens with zero attached hydrogens (tertiary/aromatic N) is 6. The van der Waals surface area contributed by atoms with Crippen LogP contribution in [0.25, 0.3) is 0 Å². The molecule has 0 N–H and O–H groups in total. The zero-order valence-corrected chi connectivity index (χ0v) is 20.1. The number of aromatic nitrogens is 2. The van der Waals surface area contributed by atoms with E-state index in [0.29, 0.717) is 22.5 Å². The average Bonchev–Trinajstić information content (AvgIpc) is 2.91. The Balaban J connectivity index is 0.000000240. The van der Waals surface area contributed by atoms with Gasteiger partial charge in [0.05, 0.1) is 23.8 Å². The van der Waals surface area contributed by atoms with Crippen molar-refractivity contribution in [3.63, 3.8) is 0 Å². The van der Waals surface area contributed by atoms with Crippen molar-refractivity contribution in [1.29, 1.82) is 0 Å². The van der Waals surface area contributed by atoms with E-state index in [2.05, 4.69) is 30.4 Å². The van der Waals surface area contributed by atoms with Crippen LogP contribution in [0.4, 0.5) is 0 Å². The Kier molecular flexibility index (Phi) is 11.9. The number of pyridine rings is 2. The van der Waals surface area contributed by atoms with Gasteiger partial charge in [0.2, 0.25) is 0 Å². The van der Waals surface area contributed by atoms with E-state index < -0.39 is 0 Å². The molecular weight excluding hydrogens is 529 g/mol. The first-order valence-corrected chi connectivity index (χ1v) is 10.2. The summed E-state index contributed by atoms with van der Waals surface area (Å²) in [5, 5.41) is 37.6. The molecule has 4 aromatic rings. The first-order valence-electron chi connectivity index (χ1n) is 10.2. The minimum atomic E-state index is -0.363. The van der Waals surface area contributed by atoms with E-state index in [0.717, 1.165) is 0 Å². The maximum Gasteiger partial charge on any atom is 2.00 e. The second-order valence-corrected chi connectivity index (χ2v) is 6.54. The van der Waals surface area contributed by atoms with Crippen LogP contribution in [0, 0.1) is 0 Å². The third-order valence-electron chi connectivity index (χ3n) is 4.09. The van der Waals surface area contributed by atoms with Gasteiger partial charge in [-0.2, -0.15) is 20.4 Å². The summed E-state index contributed by atoms with van der Waals surface area (Å²) in [5.41, 5.74) is 2.37. The Morgan fingerprint density at radius 2 is 0.914 bits per heavy atom. The van der Waals surface area contributed by atoms with Gasteiger partial charge in [0.15, 0.2) is 0 Å². The summed E-state index contributed by atoms with van der Waals surface area (Å²) in [4.78, 5) is 8.06. The molecule has 0 atom stereocenters. The van der Waals surface area contributed by atoms with Crippen LogP contribution in [0.5, 0.6) is 0 Å². The SMILES string of the molecule is [O-]/C(=N\N=C\c1ccccn1)c1ccccc1.[O-]/C(=N\N=C\c1ccccn1)c1ccccc1.[Ru+2]. The molecule has 174 valence electrons. The van der Waals surface area contributed by atoms with Gasteiger partial charge in [-0.15, -0.1) is 0 Å². The smallest absolute Gasteiger partial charge is 0.857 e. The molecule has 0 aliphatic heterocycles. The number of hydrogen-bond acceptors (Lipinski definition) is 8. The quantitative estimate of drug-likeness (QED) is 0.159. The molecule has 35 heavy (non-hydrogen) atoms. The van der Waals surface area contributed by atoms with Crippen LogP contribution in [-0.2, 0) is 19.5 Å². The van der Waals surface area contributed by atoms with Crippen LogP contribution in [0.15, 0.2) is 130 Å². The molecule has 0 radical (unpaired) electrons. The van der Waals surface area contributed by atoms with E-state index in [4.69, 9.17) is 0 Å². The molecule has 9 heteroatoms. The number of rotatable bonds is 6. The molecule has 0 aliphatic rings. The van der Waals surface area contributed by atoms with Gasteiger partial charge in [0.1, 0.15) is 0 Å². The fraction of sp³-hybridized carbons (Fsp3) is 0. The molecule has 0 saturated carbocycles. The van der Waals surface area contributed by atoms with E-state index in [1.54, 1.807) is 73.1 Å². The molecular formula is C26H20N6O2Ru. The van der Waals surface area contributed by atoms with Crippen molar-refractivity contribution >= 4 is 24.2 Å². The van der Waals surface area contributed by atoms with Gasteiger partial charge in [-0.25, -0.2) is 0 Å². The zero-order valence-electron chi connectivity index (χ0n) is 18.4. The standard InChI is InChI=1S/2C13H11N3O.Ru/c2*17-13(11-6-2-1-3-7-11)16-15-10-12-8-4-5-9-14-12;/h2*1-10H,(H,16,17);/q;;+2/p-2/b2*15-10+;. The van der Waals surface area contributed by atoms with Crippen molar-refractivity contribution < 1.29 is 29.7 Å². The molecule has 0 aliphatic carbocycles. The summed E-state index contributed by atoms with van der Waals surface area (Å²) in [5.74, 6) is -0.726. The van der Waals surface area contributed by atoms with Gasteiger partial charge in [-0.05, 0) is 35.4 Å². The van der Waals surface area contributed by atoms with Crippen LogP contribution in [0.3, 0.4) is 0 Å². The molecule has 0 saturated heterocycles. The first kappa shape index (κ1) is 26.9. The second kappa shape index (κ2) is 15.5. The van der Waals surface area contributed by atoms with Crippen LogP contribution < -0.4 is 10.2 Å². The van der Waals surface area contributed by atoms with Crippen molar-refractivity contribution in [3.8, 4) is 0 Å². The fourth-order valence-electron chi connectivity index (χ4n) is 2.46. The minimum absolute atomic E-state index is 0. The monoisotopic (exact) mass is 550 g/mol. The summed E-state index contributed by atoms with van der Waals surface area (Å²) in [6.07, 6.45) is 6.20. The molecule has 0 amide bonds. The molecule has 8 nitrogen and oxygen atoms in total. The summed E-state index contributed by atoms with van der Waals surface area (Å²) in [7, 11) is 0. The Labute approximate surface area is 216 Å². The largest absolute Gasteiger partial charge is 2.00 e. The third kappa shape index (κ3) is 9.98. The molecule has 0 unspecified atom stereocenters. The van der Waals surface area contributed by atoms with Gasteiger partial charge in [-0.1, -0.05) is 72.8 Å². The number of benzene rings is 2. The summed E-state index contributed by atoms with van der Waals surface area (Å²) in [6, 6.07) is 28.5.